The molecule has 1 amide bonds. The van der Waals surface area contributed by atoms with E-state index in [4.69, 9.17) is 4.74 Å². The molecular weight excluding hydrogens is 368 g/mol. The average molecular weight is 397 g/mol. The largest absolute Gasteiger partial charge is 0.497 e. The zero-order valence-corrected chi connectivity index (χ0v) is 16.7. The summed E-state index contributed by atoms with van der Waals surface area (Å²) in [5.74, 6) is 0.911. The molecule has 3 rings (SSSR count). The topological polar surface area (TPSA) is 87.2 Å². The Morgan fingerprint density at radius 3 is 2.81 bits per heavy atom. The second kappa shape index (κ2) is 7.77. The average Bonchev–Trinajstić information content (AvgIpc) is 3.06. The SMILES string of the molecule is COc1cccc(CCC(=O)N2CC[C@H]3CN(S(C)(=O)=O)C[C@@]3(CO)C2)c1. The number of aliphatic hydroxyl groups is 1. The lowest BCUT2D eigenvalue weighted by molar-refractivity contribution is -0.136. The first-order chi connectivity index (χ1) is 12.8. The Morgan fingerprint density at radius 2 is 2.15 bits per heavy atom. The highest BCUT2D eigenvalue weighted by Crippen LogP contribution is 2.42. The predicted molar refractivity (Wildman–Crippen MR) is 102 cm³/mol. The van der Waals surface area contributed by atoms with Crippen molar-refractivity contribution in [3.63, 3.8) is 0 Å². The first-order valence-electron chi connectivity index (χ1n) is 9.24. The number of likely N-dealkylation sites (tertiary alicyclic amines) is 1. The summed E-state index contributed by atoms with van der Waals surface area (Å²) in [6, 6.07) is 7.67. The van der Waals surface area contributed by atoms with Gasteiger partial charge in [-0.15, -0.1) is 0 Å². The number of carbonyl (C=O) groups is 1. The number of amides is 1. The Labute approximate surface area is 161 Å². The van der Waals surface area contributed by atoms with Gasteiger partial charge in [0.1, 0.15) is 5.75 Å². The Kier molecular flexibility index (Phi) is 5.79. The van der Waals surface area contributed by atoms with E-state index in [1.54, 1.807) is 12.0 Å². The number of carbonyl (C=O) groups excluding carboxylic acids is 1. The molecule has 0 aromatic heterocycles. The number of benzene rings is 1. The summed E-state index contributed by atoms with van der Waals surface area (Å²) >= 11 is 0. The first-order valence-corrected chi connectivity index (χ1v) is 11.1. The van der Waals surface area contributed by atoms with Gasteiger partial charge in [-0.1, -0.05) is 12.1 Å². The zero-order chi connectivity index (χ0) is 19.7. The van der Waals surface area contributed by atoms with Crippen molar-refractivity contribution in [3.8, 4) is 5.75 Å². The molecule has 0 bridgehead atoms. The number of methoxy groups -OCH3 is 1. The summed E-state index contributed by atoms with van der Waals surface area (Å²) < 4.78 is 30.5. The van der Waals surface area contributed by atoms with Crippen molar-refractivity contribution in [2.45, 2.75) is 19.3 Å². The molecule has 2 fully saturated rings. The molecule has 2 aliphatic heterocycles. The fourth-order valence-electron chi connectivity index (χ4n) is 4.26. The number of hydrogen-bond donors (Lipinski definition) is 1. The Balaban J connectivity index is 1.64. The maximum Gasteiger partial charge on any atom is 0.222 e. The minimum atomic E-state index is -3.29. The van der Waals surface area contributed by atoms with E-state index < -0.39 is 15.4 Å². The van der Waals surface area contributed by atoms with Crippen molar-refractivity contribution in [1.82, 2.24) is 9.21 Å². The van der Waals surface area contributed by atoms with Gasteiger partial charge in [-0.25, -0.2) is 12.7 Å². The Hall–Kier alpha value is -1.64. The molecule has 1 aromatic carbocycles. The highest BCUT2D eigenvalue weighted by Gasteiger charge is 2.52. The van der Waals surface area contributed by atoms with Crippen molar-refractivity contribution in [3.05, 3.63) is 29.8 Å². The van der Waals surface area contributed by atoms with Crippen LogP contribution in [0.1, 0.15) is 18.4 Å². The number of aryl methyl sites for hydroxylation is 1. The van der Waals surface area contributed by atoms with Gasteiger partial charge in [-0.2, -0.15) is 0 Å². The molecule has 27 heavy (non-hydrogen) atoms. The number of nitrogens with zero attached hydrogens (tertiary/aromatic N) is 2. The first kappa shape index (κ1) is 20.1. The Bertz CT molecular complexity index is 797. The third-order valence-electron chi connectivity index (χ3n) is 5.93. The molecule has 0 spiro atoms. The summed E-state index contributed by atoms with van der Waals surface area (Å²) in [4.78, 5) is 14.5. The lowest BCUT2D eigenvalue weighted by Crippen LogP contribution is -2.52. The monoisotopic (exact) mass is 396 g/mol. The maximum absolute atomic E-state index is 12.7. The van der Waals surface area contributed by atoms with Crippen LogP contribution in [0.5, 0.6) is 5.75 Å². The summed E-state index contributed by atoms with van der Waals surface area (Å²) in [7, 11) is -1.68. The normalized spacial score (nSPS) is 26.0. The van der Waals surface area contributed by atoms with Crippen LogP contribution in [-0.4, -0.2) is 74.8 Å². The highest BCUT2D eigenvalue weighted by atomic mass is 32.2. The number of rotatable bonds is 6. The number of sulfonamides is 1. The summed E-state index contributed by atoms with van der Waals surface area (Å²) in [6.45, 7) is 1.64. The van der Waals surface area contributed by atoms with Gasteiger partial charge in [0.15, 0.2) is 0 Å². The second-order valence-corrected chi connectivity index (χ2v) is 9.71. The standard InChI is InChI=1S/C19H28N2O5S/c1-26-17-5-3-4-15(10-17)6-7-18(23)20-9-8-16-11-21(27(2,24)25)13-19(16,12-20)14-22/h3-5,10,16,22H,6-9,11-14H2,1-2H3/t16-,19+/m0/s1. The van der Waals surface area contributed by atoms with E-state index in [9.17, 15) is 18.3 Å². The highest BCUT2D eigenvalue weighted by molar-refractivity contribution is 7.88. The molecule has 0 saturated carbocycles. The molecule has 2 saturated heterocycles. The van der Waals surface area contributed by atoms with Gasteiger partial charge < -0.3 is 14.7 Å². The lowest BCUT2D eigenvalue weighted by atomic mass is 9.74. The van der Waals surface area contributed by atoms with Crippen molar-refractivity contribution in [2.75, 3.05) is 46.2 Å². The zero-order valence-electron chi connectivity index (χ0n) is 15.9. The van der Waals surface area contributed by atoms with Crippen LogP contribution in [0.25, 0.3) is 0 Å². The van der Waals surface area contributed by atoms with Gasteiger partial charge in [0.2, 0.25) is 15.9 Å². The summed E-state index contributed by atoms with van der Waals surface area (Å²) in [6.07, 6.45) is 2.93. The van der Waals surface area contributed by atoms with Crippen LogP contribution in [0, 0.1) is 11.3 Å². The van der Waals surface area contributed by atoms with E-state index in [2.05, 4.69) is 0 Å². The number of hydrogen-bond acceptors (Lipinski definition) is 5. The van der Waals surface area contributed by atoms with Gasteiger partial charge in [0.25, 0.3) is 0 Å². The lowest BCUT2D eigenvalue weighted by Gasteiger charge is -2.43. The van der Waals surface area contributed by atoms with Gasteiger partial charge in [0, 0.05) is 38.0 Å². The molecule has 0 unspecified atom stereocenters. The molecule has 2 atom stereocenters. The Morgan fingerprint density at radius 1 is 1.37 bits per heavy atom. The molecule has 2 aliphatic rings. The molecule has 2 heterocycles. The molecule has 150 valence electrons. The van der Waals surface area contributed by atoms with Crippen molar-refractivity contribution >= 4 is 15.9 Å². The van der Waals surface area contributed by atoms with Crippen LogP contribution < -0.4 is 4.74 Å². The maximum atomic E-state index is 12.7. The molecule has 1 N–H and O–H groups in total. The number of aliphatic hydroxyl groups excluding tert-OH is 1. The third-order valence-corrected chi connectivity index (χ3v) is 7.15. The van der Waals surface area contributed by atoms with Gasteiger partial charge >= 0.3 is 0 Å². The van der Waals surface area contributed by atoms with Crippen molar-refractivity contribution < 1.29 is 23.1 Å². The van der Waals surface area contributed by atoms with E-state index in [1.807, 2.05) is 24.3 Å². The van der Waals surface area contributed by atoms with E-state index in [-0.39, 0.29) is 25.0 Å². The fourth-order valence-corrected chi connectivity index (χ4v) is 5.21. The van der Waals surface area contributed by atoms with Crippen LogP contribution in [0.3, 0.4) is 0 Å². The van der Waals surface area contributed by atoms with E-state index in [0.29, 0.717) is 32.5 Å². The number of piperidine rings is 1. The molecule has 1 aromatic rings. The number of ether oxygens (including phenoxy) is 1. The van der Waals surface area contributed by atoms with Gasteiger partial charge in [-0.05, 0) is 36.5 Å². The smallest absolute Gasteiger partial charge is 0.222 e. The summed E-state index contributed by atoms with van der Waals surface area (Å²) in [5.41, 5.74) is 0.492. The van der Waals surface area contributed by atoms with Crippen LogP contribution in [-0.2, 0) is 21.2 Å². The van der Waals surface area contributed by atoms with Gasteiger partial charge in [0.05, 0.1) is 20.0 Å². The van der Waals surface area contributed by atoms with E-state index in [1.165, 1.54) is 10.6 Å². The van der Waals surface area contributed by atoms with Crippen molar-refractivity contribution in [1.29, 1.82) is 0 Å². The van der Waals surface area contributed by atoms with E-state index >= 15 is 0 Å². The van der Waals surface area contributed by atoms with Crippen LogP contribution in [0.4, 0.5) is 0 Å². The summed E-state index contributed by atoms with van der Waals surface area (Å²) in [5, 5.41) is 10.0. The fraction of sp³-hybridized carbons (Fsp3) is 0.632. The van der Waals surface area contributed by atoms with Crippen molar-refractivity contribution in [2.24, 2.45) is 11.3 Å². The van der Waals surface area contributed by atoms with E-state index in [0.717, 1.165) is 17.7 Å². The predicted octanol–water partition coefficient (Wildman–Crippen LogP) is 0.730. The molecule has 8 heteroatoms. The minimum Gasteiger partial charge on any atom is -0.497 e. The molecular formula is C19H28N2O5S. The minimum absolute atomic E-state index is 0.0434. The molecule has 7 nitrogen and oxygen atoms in total. The number of fused-ring (bicyclic) bond motifs is 1. The second-order valence-electron chi connectivity index (χ2n) is 7.73. The van der Waals surface area contributed by atoms with Crippen LogP contribution in [0.2, 0.25) is 0 Å². The third kappa shape index (κ3) is 4.28. The van der Waals surface area contributed by atoms with Crippen LogP contribution >= 0.6 is 0 Å². The van der Waals surface area contributed by atoms with Gasteiger partial charge in [-0.3, -0.25) is 4.79 Å². The van der Waals surface area contributed by atoms with Crippen LogP contribution in [0.15, 0.2) is 24.3 Å². The molecule has 0 aliphatic carbocycles. The molecule has 0 radical (unpaired) electrons. The quantitative estimate of drug-likeness (QED) is 0.766.